The molecule has 0 saturated carbocycles. The summed E-state index contributed by atoms with van der Waals surface area (Å²) < 4.78 is 14.6. The Morgan fingerprint density at radius 1 is 1.35 bits per heavy atom. The fraction of sp³-hybridized carbons (Fsp3) is 0.312. The molecule has 7 heteroatoms. The quantitative estimate of drug-likeness (QED) is 0.886. The second-order valence-electron chi connectivity index (χ2n) is 5.45. The molecule has 1 fully saturated rings. The first-order valence-electron chi connectivity index (χ1n) is 7.38. The summed E-state index contributed by atoms with van der Waals surface area (Å²) in [6.45, 7) is 1.69. The highest BCUT2D eigenvalue weighted by Crippen LogP contribution is 2.24. The third-order valence-electron chi connectivity index (χ3n) is 3.92. The number of nitrogens with zero attached hydrogens (tertiary/aromatic N) is 3. The van der Waals surface area contributed by atoms with Crippen LogP contribution in [0.5, 0.6) is 0 Å². The Labute approximate surface area is 132 Å². The standard InChI is InChI=1S/C16H17FN4O2/c1-20-15(22)6-5-13(19-20)16(23)21-8-7-18-10-14(21)11-3-2-4-12(17)9-11/h2-6,9,14,18H,7-8,10H2,1H3. The smallest absolute Gasteiger partial charge is 0.274 e. The van der Waals surface area contributed by atoms with Gasteiger partial charge in [0.25, 0.3) is 11.5 Å². The zero-order valence-electron chi connectivity index (χ0n) is 12.7. The minimum absolute atomic E-state index is 0.204. The lowest BCUT2D eigenvalue weighted by Gasteiger charge is -2.36. The molecule has 2 aromatic rings. The van der Waals surface area contributed by atoms with Crippen LogP contribution in [0.25, 0.3) is 0 Å². The molecule has 0 radical (unpaired) electrons. The summed E-state index contributed by atoms with van der Waals surface area (Å²) in [6, 6.07) is 8.72. The van der Waals surface area contributed by atoms with Gasteiger partial charge >= 0.3 is 0 Å². The van der Waals surface area contributed by atoms with Gasteiger partial charge in [0.2, 0.25) is 0 Å². The monoisotopic (exact) mass is 316 g/mol. The van der Waals surface area contributed by atoms with Crippen LogP contribution in [0.15, 0.2) is 41.2 Å². The van der Waals surface area contributed by atoms with Crippen molar-refractivity contribution in [2.75, 3.05) is 19.6 Å². The number of amides is 1. The third kappa shape index (κ3) is 3.14. The van der Waals surface area contributed by atoms with E-state index < -0.39 is 0 Å². The Morgan fingerprint density at radius 2 is 2.17 bits per heavy atom. The molecular weight excluding hydrogens is 299 g/mol. The van der Waals surface area contributed by atoms with Gasteiger partial charge in [-0.05, 0) is 23.8 Å². The maximum Gasteiger partial charge on any atom is 0.274 e. The van der Waals surface area contributed by atoms with Crippen LogP contribution >= 0.6 is 0 Å². The average molecular weight is 316 g/mol. The number of aromatic nitrogens is 2. The van der Waals surface area contributed by atoms with Crippen molar-refractivity contribution in [1.29, 1.82) is 0 Å². The van der Waals surface area contributed by atoms with Gasteiger partial charge in [0, 0.05) is 32.7 Å². The number of nitrogens with one attached hydrogen (secondary N) is 1. The Hall–Kier alpha value is -2.54. The Bertz CT molecular complexity index is 790. The minimum Gasteiger partial charge on any atom is -0.328 e. The normalized spacial score (nSPS) is 18.0. The number of hydrogen-bond donors (Lipinski definition) is 1. The highest BCUT2D eigenvalue weighted by atomic mass is 19.1. The van der Waals surface area contributed by atoms with Crippen molar-refractivity contribution >= 4 is 5.91 Å². The molecule has 3 rings (SSSR count). The Morgan fingerprint density at radius 3 is 2.91 bits per heavy atom. The number of hydrogen-bond acceptors (Lipinski definition) is 4. The third-order valence-corrected chi connectivity index (χ3v) is 3.92. The second kappa shape index (κ2) is 6.29. The maximum atomic E-state index is 13.5. The van der Waals surface area contributed by atoms with Crippen LogP contribution in [0.1, 0.15) is 22.1 Å². The summed E-state index contributed by atoms with van der Waals surface area (Å²) in [7, 11) is 1.50. The molecule has 1 aliphatic rings. The fourth-order valence-electron chi connectivity index (χ4n) is 2.72. The van der Waals surface area contributed by atoms with E-state index in [0.29, 0.717) is 19.6 Å². The molecule has 1 aliphatic heterocycles. The van der Waals surface area contributed by atoms with Crippen molar-refractivity contribution in [1.82, 2.24) is 20.0 Å². The topological polar surface area (TPSA) is 67.2 Å². The number of carbonyl (C=O) groups is 1. The molecule has 2 heterocycles. The van der Waals surface area contributed by atoms with Crippen LogP contribution in [0, 0.1) is 5.82 Å². The summed E-state index contributed by atoms with van der Waals surface area (Å²) in [5.41, 5.74) is 0.661. The number of carbonyl (C=O) groups excluding carboxylic acids is 1. The molecule has 23 heavy (non-hydrogen) atoms. The SMILES string of the molecule is Cn1nc(C(=O)N2CCNCC2c2cccc(F)c2)ccc1=O. The first-order chi connectivity index (χ1) is 11.1. The van der Waals surface area contributed by atoms with Gasteiger partial charge in [-0.1, -0.05) is 12.1 Å². The zero-order valence-corrected chi connectivity index (χ0v) is 12.7. The van der Waals surface area contributed by atoms with Crippen LogP contribution < -0.4 is 10.9 Å². The van der Waals surface area contributed by atoms with Gasteiger partial charge in [-0.3, -0.25) is 9.59 Å². The summed E-state index contributed by atoms with van der Waals surface area (Å²) in [6.07, 6.45) is 0. The van der Waals surface area contributed by atoms with E-state index in [1.54, 1.807) is 17.0 Å². The van der Waals surface area contributed by atoms with E-state index in [1.165, 1.54) is 31.3 Å². The number of benzene rings is 1. The first-order valence-corrected chi connectivity index (χ1v) is 7.38. The van der Waals surface area contributed by atoms with E-state index >= 15 is 0 Å². The largest absolute Gasteiger partial charge is 0.328 e. The number of piperazine rings is 1. The molecule has 120 valence electrons. The minimum atomic E-state index is -0.333. The van der Waals surface area contributed by atoms with Crippen LogP contribution in [-0.2, 0) is 7.05 Å². The Balaban J connectivity index is 1.93. The van der Waals surface area contributed by atoms with Crippen molar-refractivity contribution < 1.29 is 9.18 Å². The van der Waals surface area contributed by atoms with Gasteiger partial charge in [0.15, 0.2) is 0 Å². The van der Waals surface area contributed by atoms with Gasteiger partial charge < -0.3 is 10.2 Å². The van der Waals surface area contributed by atoms with E-state index in [-0.39, 0.29) is 29.0 Å². The predicted octanol–water partition coefficient (Wildman–Crippen LogP) is 0.706. The maximum absolute atomic E-state index is 13.5. The van der Waals surface area contributed by atoms with Gasteiger partial charge in [0.05, 0.1) is 6.04 Å². The molecule has 1 unspecified atom stereocenters. The highest BCUT2D eigenvalue weighted by molar-refractivity contribution is 5.92. The van der Waals surface area contributed by atoms with Crippen LogP contribution in [0.3, 0.4) is 0 Å². The van der Waals surface area contributed by atoms with Gasteiger partial charge in [-0.2, -0.15) is 5.10 Å². The number of aryl methyl sites for hydroxylation is 1. The molecule has 1 amide bonds. The highest BCUT2D eigenvalue weighted by Gasteiger charge is 2.29. The van der Waals surface area contributed by atoms with Gasteiger partial charge in [-0.25, -0.2) is 9.07 Å². The predicted molar refractivity (Wildman–Crippen MR) is 82.5 cm³/mol. The van der Waals surface area contributed by atoms with Crippen LogP contribution in [0.2, 0.25) is 0 Å². The van der Waals surface area contributed by atoms with Crippen LogP contribution in [-0.4, -0.2) is 40.2 Å². The lowest BCUT2D eigenvalue weighted by atomic mass is 10.0. The van der Waals surface area contributed by atoms with Gasteiger partial charge in [-0.15, -0.1) is 0 Å². The molecule has 1 N–H and O–H groups in total. The number of halogens is 1. The van der Waals surface area contributed by atoms with Crippen LogP contribution in [0.4, 0.5) is 4.39 Å². The molecule has 0 spiro atoms. The van der Waals surface area contributed by atoms with Crippen molar-refractivity contribution in [3.63, 3.8) is 0 Å². The molecule has 0 aliphatic carbocycles. The lowest BCUT2D eigenvalue weighted by molar-refractivity contribution is 0.0625. The summed E-state index contributed by atoms with van der Waals surface area (Å²) in [5.74, 6) is -0.600. The molecule has 6 nitrogen and oxygen atoms in total. The second-order valence-corrected chi connectivity index (χ2v) is 5.45. The summed E-state index contributed by atoms with van der Waals surface area (Å²) in [4.78, 5) is 25.8. The summed E-state index contributed by atoms with van der Waals surface area (Å²) in [5, 5.41) is 7.23. The average Bonchev–Trinajstić information content (AvgIpc) is 2.57. The van der Waals surface area contributed by atoms with E-state index in [4.69, 9.17) is 0 Å². The van der Waals surface area contributed by atoms with Crippen molar-refractivity contribution in [2.45, 2.75) is 6.04 Å². The molecule has 1 saturated heterocycles. The number of rotatable bonds is 2. The Kier molecular flexibility index (Phi) is 4.20. The first kappa shape index (κ1) is 15.4. The van der Waals surface area contributed by atoms with E-state index in [0.717, 1.165) is 10.2 Å². The lowest BCUT2D eigenvalue weighted by Crippen LogP contribution is -2.49. The van der Waals surface area contributed by atoms with E-state index in [1.807, 2.05) is 0 Å². The zero-order chi connectivity index (χ0) is 16.4. The summed E-state index contributed by atoms with van der Waals surface area (Å²) >= 11 is 0. The van der Waals surface area contributed by atoms with E-state index in [2.05, 4.69) is 10.4 Å². The molecule has 1 aromatic heterocycles. The van der Waals surface area contributed by atoms with Crippen molar-refractivity contribution in [3.05, 3.63) is 63.8 Å². The molecule has 0 bridgehead atoms. The fourth-order valence-corrected chi connectivity index (χ4v) is 2.72. The molecule has 1 aromatic carbocycles. The molecular formula is C16H17FN4O2. The van der Waals surface area contributed by atoms with E-state index in [9.17, 15) is 14.0 Å². The van der Waals surface area contributed by atoms with Gasteiger partial charge in [0.1, 0.15) is 11.5 Å². The van der Waals surface area contributed by atoms with Crippen molar-refractivity contribution in [2.24, 2.45) is 7.05 Å². The molecule has 1 atom stereocenters. The van der Waals surface area contributed by atoms with Crippen molar-refractivity contribution in [3.8, 4) is 0 Å².